The lowest BCUT2D eigenvalue weighted by molar-refractivity contribution is -0.137. The van der Waals surface area contributed by atoms with Crippen molar-refractivity contribution in [2.45, 2.75) is 13.1 Å². The van der Waals surface area contributed by atoms with Crippen molar-refractivity contribution >= 4 is 29.0 Å². The molecule has 8 heteroatoms. The van der Waals surface area contributed by atoms with Crippen molar-refractivity contribution in [3.8, 4) is 0 Å². The molecule has 0 aliphatic carbocycles. The van der Waals surface area contributed by atoms with Gasteiger partial charge in [-0.3, -0.25) is 0 Å². The van der Waals surface area contributed by atoms with Crippen LogP contribution in [0.3, 0.4) is 0 Å². The van der Waals surface area contributed by atoms with Crippen LogP contribution in [0, 0.1) is 5.92 Å². The van der Waals surface area contributed by atoms with Gasteiger partial charge in [0.25, 0.3) is 0 Å². The van der Waals surface area contributed by atoms with Gasteiger partial charge in [0.2, 0.25) is 0 Å². The van der Waals surface area contributed by atoms with E-state index in [9.17, 15) is 18.0 Å². The minimum absolute atomic E-state index is 0.0227. The van der Waals surface area contributed by atoms with Gasteiger partial charge in [-0.2, -0.15) is 18.3 Å². The molecule has 0 fully saturated rings. The Balaban J connectivity index is 1.71. The third-order valence-electron chi connectivity index (χ3n) is 3.98. The molecule has 0 saturated heterocycles. The lowest BCUT2D eigenvalue weighted by atomic mass is 10.00. The second-order valence-corrected chi connectivity index (χ2v) is 6.42. The summed E-state index contributed by atoms with van der Waals surface area (Å²) < 4.78 is 37.7. The monoisotopic (exact) mass is 381 g/mol. The molecule has 1 unspecified atom stereocenters. The van der Waals surface area contributed by atoms with E-state index in [0.29, 0.717) is 11.6 Å². The van der Waals surface area contributed by atoms with E-state index >= 15 is 0 Å². The summed E-state index contributed by atoms with van der Waals surface area (Å²) >= 11 is 5.88. The number of nitrogens with one attached hydrogen (secondary N) is 1. The Morgan fingerprint density at radius 3 is 2.35 bits per heavy atom. The Hall–Kier alpha value is -2.54. The van der Waals surface area contributed by atoms with E-state index in [1.165, 1.54) is 17.1 Å². The molecule has 0 bridgehead atoms. The predicted molar refractivity (Wildman–Crippen MR) is 94.3 cm³/mol. The van der Waals surface area contributed by atoms with Crippen molar-refractivity contribution in [2.75, 3.05) is 11.9 Å². The van der Waals surface area contributed by atoms with Gasteiger partial charge in [0.05, 0.1) is 17.8 Å². The maximum atomic E-state index is 12.6. The zero-order valence-electron chi connectivity index (χ0n) is 13.7. The van der Waals surface area contributed by atoms with Gasteiger partial charge in [0.15, 0.2) is 0 Å². The molecule has 2 aromatic rings. The van der Waals surface area contributed by atoms with Crippen LogP contribution in [0.2, 0.25) is 5.02 Å². The van der Waals surface area contributed by atoms with Gasteiger partial charge < -0.3 is 5.32 Å². The summed E-state index contributed by atoms with van der Waals surface area (Å²) in [7, 11) is 0. The first kappa shape index (κ1) is 18.3. The van der Waals surface area contributed by atoms with E-state index in [1.807, 2.05) is 19.1 Å². The molecule has 0 spiro atoms. The average molecular weight is 382 g/mol. The SMILES string of the molecule is CC1CN(C(=O)Nc2ccc(C(F)(F)F)cc2)N=C1c1ccc(Cl)cc1. The molecule has 1 heterocycles. The molecule has 1 aliphatic rings. The number of hydrogen-bond acceptors (Lipinski definition) is 2. The van der Waals surface area contributed by atoms with Crippen LogP contribution in [0.5, 0.6) is 0 Å². The van der Waals surface area contributed by atoms with Crippen LogP contribution < -0.4 is 5.32 Å². The highest BCUT2D eigenvalue weighted by Gasteiger charge is 2.31. The third-order valence-corrected chi connectivity index (χ3v) is 4.23. The fourth-order valence-corrected chi connectivity index (χ4v) is 2.76. The van der Waals surface area contributed by atoms with Gasteiger partial charge >= 0.3 is 12.2 Å². The summed E-state index contributed by atoms with van der Waals surface area (Å²) in [5.74, 6) is 0.0227. The van der Waals surface area contributed by atoms with Crippen molar-refractivity contribution in [1.82, 2.24) is 5.01 Å². The average Bonchev–Trinajstić information content (AvgIpc) is 2.97. The molecule has 0 saturated carbocycles. The van der Waals surface area contributed by atoms with E-state index in [2.05, 4.69) is 10.4 Å². The van der Waals surface area contributed by atoms with Gasteiger partial charge in [-0.05, 0) is 42.0 Å². The highest BCUT2D eigenvalue weighted by Crippen LogP contribution is 2.30. The second-order valence-electron chi connectivity index (χ2n) is 5.98. The van der Waals surface area contributed by atoms with Crippen LogP contribution >= 0.6 is 11.6 Å². The topological polar surface area (TPSA) is 44.7 Å². The molecule has 3 rings (SSSR count). The van der Waals surface area contributed by atoms with Crippen LogP contribution in [0.1, 0.15) is 18.1 Å². The number of carbonyl (C=O) groups excluding carboxylic acids is 1. The number of hydrogen-bond donors (Lipinski definition) is 1. The number of anilines is 1. The van der Waals surface area contributed by atoms with E-state index in [0.717, 1.165) is 23.4 Å². The van der Waals surface area contributed by atoms with Gasteiger partial charge in [-0.1, -0.05) is 30.7 Å². The van der Waals surface area contributed by atoms with E-state index in [-0.39, 0.29) is 11.6 Å². The Morgan fingerprint density at radius 1 is 1.15 bits per heavy atom. The number of benzene rings is 2. The summed E-state index contributed by atoms with van der Waals surface area (Å²) in [6.45, 7) is 2.32. The number of halogens is 4. The van der Waals surface area contributed by atoms with Gasteiger partial charge in [-0.15, -0.1) is 0 Å². The Labute approximate surface area is 153 Å². The van der Waals surface area contributed by atoms with E-state index < -0.39 is 17.8 Å². The molecule has 0 aromatic heterocycles. The second kappa shape index (κ2) is 6.99. The summed E-state index contributed by atoms with van der Waals surface area (Å²) in [5, 5.41) is 8.77. The zero-order chi connectivity index (χ0) is 18.9. The number of nitrogens with zero attached hydrogens (tertiary/aromatic N) is 2. The quantitative estimate of drug-likeness (QED) is 0.759. The highest BCUT2D eigenvalue weighted by molar-refractivity contribution is 6.30. The van der Waals surface area contributed by atoms with Crippen molar-refractivity contribution in [3.05, 3.63) is 64.7 Å². The molecule has 4 nitrogen and oxygen atoms in total. The number of hydrazone groups is 1. The Morgan fingerprint density at radius 2 is 1.77 bits per heavy atom. The van der Waals surface area contributed by atoms with Crippen molar-refractivity contribution in [3.63, 3.8) is 0 Å². The highest BCUT2D eigenvalue weighted by atomic mass is 35.5. The van der Waals surface area contributed by atoms with Gasteiger partial charge in [-0.25, -0.2) is 9.80 Å². The smallest absolute Gasteiger partial charge is 0.306 e. The first-order chi connectivity index (χ1) is 12.2. The van der Waals surface area contributed by atoms with Crippen LogP contribution in [0.4, 0.5) is 23.7 Å². The Kier molecular flexibility index (Phi) is 4.91. The first-order valence-corrected chi connectivity index (χ1v) is 8.22. The minimum Gasteiger partial charge on any atom is -0.306 e. The summed E-state index contributed by atoms with van der Waals surface area (Å²) in [6.07, 6.45) is -4.41. The molecule has 2 amide bonds. The van der Waals surface area contributed by atoms with Gasteiger partial charge in [0.1, 0.15) is 0 Å². The van der Waals surface area contributed by atoms with Gasteiger partial charge in [0, 0.05) is 16.6 Å². The molecule has 1 atom stereocenters. The molecule has 0 radical (unpaired) electrons. The first-order valence-electron chi connectivity index (χ1n) is 7.84. The summed E-state index contributed by atoms with van der Waals surface area (Å²) in [5.41, 5.74) is 1.12. The molecule has 1 N–H and O–H groups in total. The van der Waals surface area contributed by atoms with E-state index in [4.69, 9.17) is 11.6 Å². The molecular formula is C18H15ClF3N3O. The largest absolute Gasteiger partial charge is 0.416 e. The maximum absolute atomic E-state index is 12.6. The van der Waals surface area contributed by atoms with Crippen molar-refractivity contribution in [1.29, 1.82) is 0 Å². The lowest BCUT2D eigenvalue weighted by Crippen LogP contribution is -2.30. The van der Waals surface area contributed by atoms with Crippen LogP contribution in [-0.2, 0) is 6.18 Å². The maximum Gasteiger partial charge on any atom is 0.416 e. The molecule has 1 aliphatic heterocycles. The van der Waals surface area contributed by atoms with Crippen LogP contribution in [-0.4, -0.2) is 23.3 Å². The number of carbonyl (C=O) groups is 1. The predicted octanol–water partition coefficient (Wildman–Crippen LogP) is 5.25. The van der Waals surface area contributed by atoms with Crippen molar-refractivity contribution < 1.29 is 18.0 Å². The lowest BCUT2D eigenvalue weighted by Gasteiger charge is -2.14. The molecular weight excluding hydrogens is 367 g/mol. The molecule has 136 valence electrons. The minimum atomic E-state index is -4.41. The molecule has 2 aromatic carbocycles. The fourth-order valence-electron chi connectivity index (χ4n) is 2.64. The molecule has 26 heavy (non-hydrogen) atoms. The number of urea groups is 1. The van der Waals surface area contributed by atoms with Crippen molar-refractivity contribution in [2.24, 2.45) is 11.0 Å². The fraction of sp³-hybridized carbons (Fsp3) is 0.222. The van der Waals surface area contributed by atoms with Crippen LogP contribution in [0.25, 0.3) is 0 Å². The Bertz CT molecular complexity index is 832. The number of rotatable bonds is 2. The van der Waals surface area contributed by atoms with E-state index in [1.54, 1.807) is 12.1 Å². The van der Waals surface area contributed by atoms with Crippen LogP contribution in [0.15, 0.2) is 53.6 Å². The number of amides is 2. The summed E-state index contributed by atoms with van der Waals surface area (Å²) in [6, 6.07) is 10.9. The third kappa shape index (κ3) is 3.99. The standard InChI is InChI=1S/C18H15ClF3N3O/c1-11-10-25(24-16(11)12-2-6-14(19)7-3-12)17(26)23-15-8-4-13(5-9-15)18(20,21)22/h2-9,11H,10H2,1H3,(H,23,26). The zero-order valence-corrected chi connectivity index (χ0v) is 14.5. The summed E-state index contributed by atoms with van der Waals surface area (Å²) in [4.78, 5) is 12.3. The number of alkyl halides is 3. The normalized spacial score (nSPS) is 17.2.